The van der Waals surface area contributed by atoms with E-state index in [0.717, 1.165) is 29.1 Å². The number of aliphatic carboxylic acids is 1. The van der Waals surface area contributed by atoms with E-state index in [9.17, 15) is 9.59 Å². The number of nitrogens with one attached hydrogen (secondary N) is 1. The summed E-state index contributed by atoms with van der Waals surface area (Å²) in [6.07, 6.45) is 1.59. The number of aromatic nitrogens is 1. The Morgan fingerprint density at radius 1 is 1.31 bits per heavy atom. The standard InChI is InChI=1S/C19H23N3O3S/c1-3-22(10-18(23)24)16-8-15(9-16)21-19(25)14-6-4-13(5-7-14)17-11-26-12(2)20-17/h4-7,11,15-16H,3,8-10H2,1-2H3,(H,21,25)(H,23,24). The van der Waals surface area contributed by atoms with Crippen molar-refractivity contribution in [2.24, 2.45) is 0 Å². The largest absolute Gasteiger partial charge is 0.480 e. The van der Waals surface area contributed by atoms with Gasteiger partial charge in [0.1, 0.15) is 0 Å². The molecule has 0 unspecified atom stereocenters. The van der Waals surface area contributed by atoms with Crippen LogP contribution in [-0.2, 0) is 4.79 Å². The van der Waals surface area contributed by atoms with Crippen molar-refractivity contribution >= 4 is 23.2 Å². The maximum absolute atomic E-state index is 12.4. The van der Waals surface area contributed by atoms with E-state index in [1.54, 1.807) is 11.3 Å². The molecule has 3 rings (SSSR count). The first-order chi connectivity index (χ1) is 12.5. The molecule has 1 fully saturated rings. The highest BCUT2D eigenvalue weighted by atomic mass is 32.1. The highest BCUT2D eigenvalue weighted by molar-refractivity contribution is 7.09. The second-order valence-electron chi connectivity index (χ2n) is 6.58. The Labute approximate surface area is 156 Å². The summed E-state index contributed by atoms with van der Waals surface area (Å²) in [6, 6.07) is 7.81. The summed E-state index contributed by atoms with van der Waals surface area (Å²) < 4.78 is 0. The molecule has 0 saturated heterocycles. The summed E-state index contributed by atoms with van der Waals surface area (Å²) >= 11 is 1.61. The third-order valence-electron chi connectivity index (χ3n) is 4.77. The number of carbonyl (C=O) groups is 2. The number of benzene rings is 1. The van der Waals surface area contributed by atoms with Gasteiger partial charge in [0.25, 0.3) is 5.91 Å². The maximum atomic E-state index is 12.4. The Balaban J connectivity index is 1.52. The van der Waals surface area contributed by atoms with Crippen LogP contribution in [0.1, 0.15) is 35.1 Å². The number of likely N-dealkylation sites (N-methyl/N-ethyl adjacent to an activating group) is 1. The molecule has 1 aliphatic rings. The van der Waals surface area contributed by atoms with Gasteiger partial charge >= 0.3 is 5.97 Å². The molecular formula is C19H23N3O3S. The Morgan fingerprint density at radius 3 is 2.54 bits per heavy atom. The van der Waals surface area contributed by atoms with E-state index >= 15 is 0 Å². The van der Waals surface area contributed by atoms with Gasteiger partial charge in [-0.25, -0.2) is 4.98 Å². The Hall–Kier alpha value is -2.25. The summed E-state index contributed by atoms with van der Waals surface area (Å²) in [5.74, 6) is -0.898. The number of nitrogens with zero attached hydrogens (tertiary/aromatic N) is 2. The van der Waals surface area contributed by atoms with Crippen molar-refractivity contribution in [1.29, 1.82) is 0 Å². The van der Waals surface area contributed by atoms with E-state index in [0.29, 0.717) is 12.1 Å². The number of hydrogen-bond acceptors (Lipinski definition) is 5. The molecule has 7 heteroatoms. The van der Waals surface area contributed by atoms with Crippen molar-refractivity contribution in [2.45, 2.75) is 38.8 Å². The van der Waals surface area contributed by atoms with E-state index in [4.69, 9.17) is 5.11 Å². The van der Waals surface area contributed by atoms with E-state index in [-0.39, 0.29) is 24.5 Å². The van der Waals surface area contributed by atoms with Gasteiger partial charge in [0.2, 0.25) is 0 Å². The van der Waals surface area contributed by atoms with Crippen LogP contribution in [0.3, 0.4) is 0 Å². The molecule has 1 heterocycles. The summed E-state index contributed by atoms with van der Waals surface area (Å²) in [7, 11) is 0. The fraction of sp³-hybridized carbons (Fsp3) is 0.421. The molecule has 1 aromatic heterocycles. The minimum absolute atomic E-state index is 0.0549. The van der Waals surface area contributed by atoms with Crippen molar-refractivity contribution in [3.63, 3.8) is 0 Å². The Kier molecular flexibility index (Phi) is 5.68. The van der Waals surface area contributed by atoms with Crippen molar-refractivity contribution < 1.29 is 14.7 Å². The summed E-state index contributed by atoms with van der Waals surface area (Å²) in [6.45, 7) is 4.69. The average Bonchev–Trinajstić information content (AvgIpc) is 3.02. The quantitative estimate of drug-likeness (QED) is 0.780. The SMILES string of the molecule is CCN(CC(=O)O)C1CC(NC(=O)c2ccc(-c3csc(C)n3)cc2)C1. The normalized spacial score (nSPS) is 19.2. The van der Waals surface area contributed by atoms with E-state index in [1.165, 1.54) is 0 Å². The average molecular weight is 373 g/mol. The van der Waals surface area contributed by atoms with Gasteiger partial charge in [-0.05, 0) is 38.4 Å². The molecule has 138 valence electrons. The number of hydrogen-bond donors (Lipinski definition) is 2. The monoisotopic (exact) mass is 373 g/mol. The molecule has 0 atom stereocenters. The van der Waals surface area contributed by atoms with Crippen LogP contribution < -0.4 is 5.32 Å². The summed E-state index contributed by atoms with van der Waals surface area (Å²) in [5.41, 5.74) is 2.56. The first kappa shape index (κ1) is 18.5. The van der Waals surface area contributed by atoms with Crippen LogP contribution in [0.2, 0.25) is 0 Å². The molecular weight excluding hydrogens is 350 g/mol. The van der Waals surface area contributed by atoms with Crippen LogP contribution in [0, 0.1) is 6.92 Å². The number of carboxylic acid groups (broad SMARTS) is 1. The minimum atomic E-state index is -0.810. The summed E-state index contributed by atoms with van der Waals surface area (Å²) in [4.78, 5) is 29.7. The lowest BCUT2D eigenvalue weighted by Gasteiger charge is -2.42. The zero-order valence-electron chi connectivity index (χ0n) is 14.9. The van der Waals surface area contributed by atoms with Gasteiger partial charge in [-0.15, -0.1) is 11.3 Å². The fourth-order valence-corrected chi connectivity index (χ4v) is 3.86. The lowest BCUT2D eigenvalue weighted by atomic mass is 9.85. The third kappa shape index (κ3) is 4.28. The smallest absolute Gasteiger partial charge is 0.317 e. The fourth-order valence-electron chi connectivity index (χ4n) is 3.23. The summed E-state index contributed by atoms with van der Waals surface area (Å²) in [5, 5.41) is 15.0. The molecule has 0 spiro atoms. The maximum Gasteiger partial charge on any atom is 0.317 e. The van der Waals surface area contributed by atoms with Gasteiger partial charge in [0, 0.05) is 28.6 Å². The highest BCUT2D eigenvalue weighted by Gasteiger charge is 2.34. The molecule has 1 aromatic carbocycles. The minimum Gasteiger partial charge on any atom is -0.480 e. The number of carbonyl (C=O) groups excluding carboxylic acids is 1. The van der Waals surface area contributed by atoms with Crippen LogP contribution in [-0.4, -0.2) is 52.0 Å². The van der Waals surface area contributed by atoms with Gasteiger partial charge in [-0.1, -0.05) is 19.1 Å². The van der Waals surface area contributed by atoms with E-state index in [2.05, 4.69) is 10.3 Å². The molecule has 2 aromatic rings. The van der Waals surface area contributed by atoms with Gasteiger partial charge in [0.15, 0.2) is 0 Å². The van der Waals surface area contributed by atoms with Crippen LogP contribution in [0.5, 0.6) is 0 Å². The molecule has 0 aliphatic heterocycles. The van der Waals surface area contributed by atoms with E-state index < -0.39 is 5.97 Å². The molecule has 0 bridgehead atoms. The van der Waals surface area contributed by atoms with Crippen LogP contribution >= 0.6 is 11.3 Å². The van der Waals surface area contributed by atoms with Gasteiger partial charge in [0.05, 0.1) is 17.2 Å². The zero-order chi connectivity index (χ0) is 18.7. The molecule has 1 aliphatic carbocycles. The van der Waals surface area contributed by atoms with Crippen LogP contribution in [0.4, 0.5) is 0 Å². The number of thiazole rings is 1. The number of carboxylic acids is 1. The van der Waals surface area contributed by atoms with Crippen LogP contribution in [0.25, 0.3) is 11.3 Å². The van der Waals surface area contributed by atoms with Crippen molar-refractivity contribution in [3.8, 4) is 11.3 Å². The van der Waals surface area contributed by atoms with Gasteiger partial charge in [-0.3, -0.25) is 14.5 Å². The van der Waals surface area contributed by atoms with Crippen molar-refractivity contribution in [2.75, 3.05) is 13.1 Å². The number of amides is 1. The third-order valence-corrected chi connectivity index (χ3v) is 5.54. The lowest BCUT2D eigenvalue weighted by molar-refractivity contribution is -0.139. The van der Waals surface area contributed by atoms with Gasteiger partial charge in [-0.2, -0.15) is 0 Å². The molecule has 1 saturated carbocycles. The first-order valence-corrected chi connectivity index (χ1v) is 9.63. The molecule has 0 radical (unpaired) electrons. The molecule has 2 N–H and O–H groups in total. The second kappa shape index (κ2) is 7.97. The highest BCUT2D eigenvalue weighted by Crippen LogP contribution is 2.26. The van der Waals surface area contributed by atoms with Crippen LogP contribution in [0.15, 0.2) is 29.6 Å². The van der Waals surface area contributed by atoms with Gasteiger partial charge < -0.3 is 10.4 Å². The number of rotatable bonds is 7. The molecule has 6 nitrogen and oxygen atoms in total. The predicted molar refractivity (Wildman–Crippen MR) is 101 cm³/mol. The molecule has 1 amide bonds. The van der Waals surface area contributed by atoms with E-state index in [1.807, 2.05) is 48.4 Å². The second-order valence-corrected chi connectivity index (χ2v) is 7.64. The zero-order valence-corrected chi connectivity index (χ0v) is 15.8. The van der Waals surface area contributed by atoms with Crippen molar-refractivity contribution in [3.05, 3.63) is 40.2 Å². The topological polar surface area (TPSA) is 82.5 Å². The van der Waals surface area contributed by atoms with Crippen molar-refractivity contribution in [1.82, 2.24) is 15.2 Å². The number of aryl methyl sites for hydroxylation is 1. The molecule has 26 heavy (non-hydrogen) atoms. The Morgan fingerprint density at radius 2 is 2.00 bits per heavy atom. The Bertz CT molecular complexity index is 782. The first-order valence-electron chi connectivity index (χ1n) is 8.75. The predicted octanol–water partition coefficient (Wildman–Crippen LogP) is 2.79. The lowest BCUT2D eigenvalue weighted by Crippen LogP contribution is -2.54.